The Morgan fingerprint density at radius 2 is 1.71 bits per heavy atom. The molecule has 11 heteroatoms. The molecule has 0 bridgehead atoms. The van der Waals surface area contributed by atoms with Gasteiger partial charge >= 0.3 is 6.03 Å². The van der Waals surface area contributed by atoms with E-state index in [2.05, 4.69) is 10.6 Å². The Morgan fingerprint density at radius 3 is 2.42 bits per heavy atom. The lowest BCUT2D eigenvalue weighted by atomic mass is 9.71. The van der Waals surface area contributed by atoms with Crippen LogP contribution in [0.15, 0.2) is 42.5 Å². The lowest BCUT2D eigenvalue weighted by Crippen LogP contribution is -2.74. The highest BCUT2D eigenvalue weighted by molar-refractivity contribution is 6.22. The number of hydrogen-bond acceptors (Lipinski definition) is 8. The molecular formula is C27H28N4O7. The van der Waals surface area contributed by atoms with Gasteiger partial charge in [-0.3, -0.25) is 29.9 Å². The number of piperidine rings is 1. The molecule has 0 atom stereocenters. The Balaban J connectivity index is 1.29. The highest BCUT2D eigenvalue weighted by Crippen LogP contribution is 2.44. The van der Waals surface area contributed by atoms with Crippen molar-refractivity contribution in [1.82, 2.24) is 20.4 Å². The van der Waals surface area contributed by atoms with Crippen molar-refractivity contribution in [3.8, 4) is 17.2 Å². The molecule has 0 aliphatic carbocycles. The van der Waals surface area contributed by atoms with Crippen LogP contribution in [0.1, 0.15) is 24.0 Å². The van der Waals surface area contributed by atoms with Crippen molar-refractivity contribution in [2.75, 3.05) is 39.4 Å². The summed E-state index contributed by atoms with van der Waals surface area (Å²) in [5.74, 6) is 0.156. The minimum atomic E-state index is -1.76. The van der Waals surface area contributed by atoms with Gasteiger partial charge in [0.1, 0.15) is 23.9 Å². The standard InChI is InChI=1S/C27H28N4O7/c32-13-22(33)30-14-26(15-30)9-1-10-31(16-26)27(23(34)28-25(36)29-24(27)35)18-3-6-19(7-4-18)38-20-5-2-17-8-11-37-21(17)12-20/h2-7,12,32H,1,8-11,13-16H2,(H2,28,29,34,35,36). The summed E-state index contributed by atoms with van der Waals surface area (Å²) in [6, 6.07) is 11.5. The fourth-order valence-electron chi connectivity index (χ4n) is 6.16. The van der Waals surface area contributed by atoms with Crippen molar-refractivity contribution in [3.05, 3.63) is 53.6 Å². The fourth-order valence-corrected chi connectivity index (χ4v) is 6.16. The highest BCUT2D eigenvalue weighted by Gasteiger charge is 2.59. The second kappa shape index (κ2) is 9.10. The van der Waals surface area contributed by atoms with E-state index in [-0.39, 0.29) is 11.3 Å². The minimum Gasteiger partial charge on any atom is -0.493 e. The van der Waals surface area contributed by atoms with Gasteiger partial charge in [0.25, 0.3) is 11.8 Å². The molecule has 3 saturated heterocycles. The number of urea groups is 1. The van der Waals surface area contributed by atoms with Crippen molar-refractivity contribution >= 4 is 23.8 Å². The monoisotopic (exact) mass is 520 g/mol. The summed E-state index contributed by atoms with van der Waals surface area (Å²) >= 11 is 0. The maximum atomic E-state index is 13.5. The molecule has 0 saturated carbocycles. The van der Waals surface area contributed by atoms with Crippen LogP contribution in [0.25, 0.3) is 0 Å². The summed E-state index contributed by atoms with van der Waals surface area (Å²) in [6.45, 7) is 1.82. The summed E-state index contributed by atoms with van der Waals surface area (Å²) < 4.78 is 11.6. The van der Waals surface area contributed by atoms with Crippen molar-refractivity contribution < 1.29 is 33.8 Å². The molecule has 2 aromatic rings. The number of nitrogens with one attached hydrogen (secondary N) is 2. The number of likely N-dealkylation sites (tertiary alicyclic amines) is 2. The Labute approximate surface area is 218 Å². The van der Waals surface area contributed by atoms with Gasteiger partial charge in [-0.25, -0.2) is 4.79 Å². The number of imide groups is 2. The Bertz CT molecular complexity index is 1300. The van der Waals surface area contributed by atoms with E-state index in [4.69, 9.17) is 9.47 Å². The zero-order valence-corrected chi connectivity index (χ0v) is 20.7. The van der Waals surface area contributed by atoms with Crippen molar-refractivity contribution in [1.29, 1.82) is 0 Å². The topological polar surface area (TPSA) is 138 Å². The molecule has 0 aromatic heterocycles. The van der Waals surface area contributed by atoms with E-state index < -0.39 is 30.0 Å². The summed E-state index contributed by atoms with van der Waals surface area (Å²) in [4.78, 5) is 54.3. The zero-order chi connectivity index (χ0) is 26.5. The first-order valence-corrected chi connectivity index (χ1v) is 12.7. The summed E-state index contributed by atoms with van der Waals surface area (Å²) in [7, 11) is 0. The van der Waals surface area contributed by atoms with Crippen molar-refractivity contribution in [2.45, 2.75) is 24.8 Å². The largest absolute Gasteiger partial charge is 0.493 e. The van der Waals surface area contributed by atoms with Gasteiger partial charge < -0.3 is 19.5 Å². The number of nitrogens with zero attached hydrogens (tertiary/aromatic N) is 2. The van der Waals surface area contributed by atoms with E-state index in [1.165, 1.54) is 0 Å². The van der Waals surface area contributed by atoms with E-state index in [1.54, 1.807) is 29.2 Å². The smallest absolute Gasteiger partial charge is 0.328 e. The molecule has 3 N–H and O–H groups in total. The van der Waals surface area contributed by atoms with Gasteiger partial charge in [-0.05, 0) is 42.2 Å². The van der Waals surface area contributed by atoms with E-state index >= 15 is 0 Å². The van der Waals surface area contributed by atoms with Gasteiger partial charge in [-0.2, -0.15) is 0 Å². The number of carbonyl (C=O) groups excluding carboxylic acids is 4. The zero-order valence-electron chi connectivity index (χ0n) is 20.7. The van der Waals surface area contributed by atoms with Crippen LogP contribution in [0.4, 0.5) is 4.79 Å². The molecule has 198 valence electrons. The van der Waals surface area contributed by atoms with Crippen LogP contribution in [0.5, 0.6) is 17.2 Å². The van der Waals surface area contributed by atoms with Crippen LogP contribution in [0, 0.1) is 5.41 Å². The molecule has 0 radical (unpaired) electrons. The van der Waals surface area contributed by atoms with Crippen LogP contribution in [0.3, 0.4) is 0 Å². The Hall–Kier alpha value is -3.96. The Kier molecular flexibility index (Phi) is 5.84. The number of ether oxygens (including phenoxy) is 2. The van der Waals surface area contributed by atoms with Crippen molar-refractivity contribution in [3.63, 3.8) is 0 Å². The maximum absolute atomic E-state index is 13.5. The van der Waals surface area contributed by atoms with Crippen LogP contribution in [-0.4, -0.2) is 78.1 Å². The summed E-state index contributed by atoms with van der Waals surface area (Å²) in [6.07, 6.45) is 2.40. The quantitative estimate of drug-likeness (QED) is 0.495. The number of benzene rings is 2. The third-order valence-electron chi connectivity index (χ3n) is 7.96. The predicted octanol–water partition coefficient (Wildman–Crippen LogP) is 0.892. The van der Waals surface area contributed by atoms with Crippen LogP contribution < -0.4 is 20.1 Å². The van der Waals surface area contributed by atoms with Crippen LogP contribution in [0.2, 0.25) is 0 Å². The first-order valence-electron chi connectivity index (χ1n) is 12.7. The first-order chi connectivity index (χ1) is 18.3. The third-order valence-corrected chi connectivity index (χ3v) is 7.96. The van der Waals surface area contributed by atoms with Gasteiger partial charge in [0.05, 0.1) is 6.61 Å². The lowest BCUT2D eigenvalue weighted by Gasteiger charge is -2.57. The SMILES string of the molecule is O=C1NC(=O)C(c2ccc(Oc3ccc4c(c3)OCC4)cc2)(N2CCCC3(CN(C(=O)CO)C3)C2)C(=O)N1. The number of rotatable bonds is 5. The molecule has 1 spiro atoms. The third kappa shape index (κ3) is 3.89. The molecule has 0 unspecified atom stereocenters. The van der Waals surface area contributed by atoms with E-state index in [0.717, 1.165) is 24.2 Å². The molecule has 38 heavy (non-hydrogen) atoms. The predicted molar refractivity (Wildman–Crippen MR) is 132 cm³/mol. The van der Waals surface area contributed by atoms with E-state index in [0.29, 0.717) is 56.3 Å². The first kappa shape index (κ1) is 24.4. The highest BCUT2D eigenvalue weighted by atomic mass is 16.5. The van der Waals surface area contributed by atoms with E-state index in [1.807, 2.05) is 23.1 Å². The number of aliphatic hydroxyl groups excluding tert-OH is 1. The van der Waals surface area contributed by atoms with Gasteiger partial charge in [-0.15, -0.1) is 0 Å². The minimum absolute atomic E-state index is 0.295. The molecule has 11 nitrogen and oxygen atoms in total. The molecule has 2 aromatic carbocycles. The Morgan fingerprint density at radius 1 is 1.00 bits per heavy atom. The van der Waals surface area contributed by atoms with Gasteiger partial charge in [-0.1, -0.05) is 18.2 Å². The second-order valence-electron chi connectivity index (χ2n) is 10.4. The van der Waals surface area contributed by atoms with Gasteiger partial charge in [0.15, 0.2) is 0 Å². The fraction of sp³-hybridized carbons (Fsp3) is 0.407. The molecule has 3 fully saturated rings. The number of carbonyl (C=O) groups is 4. The van der Waals surface area contributed by atoms with Gasteiger partial charge in [0, 0.05) is 44.1 Å². The second-order valence-corrected chi connectivity index (χ2v) is 10.4. The van der Waals surface area contributed by atoms with Crippen LogP contribution >= 0.6 is 0 Å². The van der Waals surface area contributed by atoms with E-state index in [9.17, 15) is 24.3 Å². The maximum Gasteiger partial charge on any atom is 0.328 e. The average Bonchev–Trinajstić information content (AvgIpc) is 3.36. The lowest BCUT2D eigenvalue weighted by molar-refractivity contribution is -0.163. The van der Waals surface area contributed by atoms with Crippen LogP contribution in [-0.2, 0) is 26.3 Å². The number of aliphatic hydroxyl groups is 1. The number of barbiturate groups is 1. The summed E-state index contributed by atoms with van der Waals surface area (Å²) in [5, 5.41) is 13.8. The molecule has 4 aliphatic rings. The molecule has 5 amide bonds. The molecule has 6 rings (SSSR count). The number of fused-ring (bicyclic) bond motifs is 1. The molecule has 4 aliphatic heterocycles. The summed E-state index contributed by atoms with van der Waals surface area (Å²) in [5.41, 5.74) is -0.517. The molecular weight excluding hydrogens is 492 g/mol. The average molecular weight is 521 g/mol. The normalized spacial score (nSPS) is 21.7. The van der Waals surface area contributed by atoms with Crippen molar-refractivity contribution in [2.24, 2.45) is 5.41 Å². The number of amides is 5. The number of hydrogen-bond donors (Lipinski definition) is 3. The molecule has 4 heterocycles. The van der Waals surface area contributed by atoms with Gasteiger partial charge in [0.2, 0.25) is 11.4 Å².